The largest absolute Gasteiger partial charge is 0.368 e. The van der Waals surface area contributed by atoms with E-state index in [0.29, 0.717) is 6.42 Å². The molecule has 1 aliphatic rings. The van der Waals surface area contributed by atoms with E-state index in [0.717, 1.165) is 5.56 Å². The Labute approximate surface area is 203 Å². The van der Waals surface area contributed by atoms with E-state index in [4.69, 9.17) is 5.73 Å². The predicted molar refractivity (Wildman–Crippen MR) is 131 cm³/mol. The summed E-state index contributed by atoms with van der Waals surface area (Å²) in [7, 11) is 0. The number of hydrogen-bond donors (Lipinski definition) is 3. The van der Waals surface area contributed by atoms with E-state index in [1.54, 1.807) is 0 Å². The third kappa shape index (κ3) is 8.80. The zero-order valence-electron chi connectivity index (χ0n) is 21.3. The van der Waals surface area contributed by atoms with Gasteiger partial charge in [-0.05, 0) is 22.8 Å². The number of nitrogens with zero attached hydrogens (tertiary/aromatic N) is 1. The minimum absolute atomic E-state index is 0.110. The van der Waals surface area contributed by atoms with Crippen molar-refractivity contribution < 1.29 is 19.2 Å². The van der Waals surface area contributed by atoms with E-state index in [2.05, 4.69) is 10.6 Å². The Kier molecular flexibility index (Phi) is 8.86. The molecule has 188 valence electrons. The van der Waals surface area contributed by atoms with Gasteiger partial charge in [0.2, 0.25) is 23.6 Å². The summed E-state index contributed by atoms with van der Waals surface area (Å²) in [5.41, 5.74) is 6.01. The Bertz CT molecular complexity index is 886. The second-order valence-corrected chi connectivity index (χ2v) is 11.7. The van der Waals surface area contributed by atoms with Crippen LogP contribution in [0.5, 0.6) is 0 Å². The average molecular weight is 473 g/mol. The van der Waals surface area contributed by atoms with Crippen molar-refractivity contribution in [1.29, 1.82) is 0 Å². The third-order valence-electron chi connectivity index (χ3n) is 5.60. The molecule has 1 heterocycles. The SMILES string of the molecule is CC(C)(C)CC(=O)NC1CC(C(=O)NC(Cc2ccccc2)C(N)=O)N(C(=O)CC(C)(C)C)C1. The fraction of sp³-hybridized carbons (Fsp3) is 0.615. The second-order valence-electron chi connectivity index (χ2n) is 11.7. The molecule has 34 heavy (non-hydrogen) atoms. The maximum absolute atomic E-state index is 13.3. The van der Waals surface area contributed by atoms with Crippen molar-refractivity contribution in [2.24, 2.45) is 16.6 Å². The van der Waals surface area contributed by atoms with Crippen LogP contribution in [-0.4, -0.2) is 53.2 Å². The molecule has 1 aliphatic heterocycles. The Balaban J connectivity index is 2.17. The summed E-state index contributed by atoms with van der Waals surface area (Å²) < 4.78 is 0. The van der Waals surface area contributed by atoms with Gasteiger partial charge in [-0.15, -0.1) is 0 Å². The highest BCUT2D eigenvalue weighted by Crippen LogP contribution is 2.26. The van der Waals surface area contributed by atoms with E-state index in [9.17, 15) is 19.2 Å². The molecule has 0 bridgehead atoms. The van der Waals surface area contributed by atoms with Crippen molar-refractivity contribution >= 4 is 23.6 Å². The van der Waals surface area contributed by atoms with Crippen LogP contribution >= 0.6 is 0 Å². The van der Waals surface area contributed by atoms with Gasteiger partial charge >= 0.3 is 0 Å². The van der Waals surface area contributed by atoms with Crippen LogP contribution in [0.2, 0.25) is 0 Å². The maximum Gasteiger partial charge on any atom is 0.243 e. The molecule has 0 aliphatic carbocycles. The average Bonchev–Trinajstić information content (AvgIpc) is 3.09. The second kappa shape index (κ2) is 11.0. The first-order valence-corrected chi connectivity index (χ1v) is 11.9. The van der Waals surface area contributed by atoms with Gasteiger partial charge in [0.1, 0.15) is 12.1 Å². The Morgan fingerprint density at radius 1 is 1.00 bits per heavy atom. The maximum atomic E-state index is 13.3. The van der Waals surface area contributed by atoms with Crippen molar-refractivity contribution in [2.75, 3.05) is 6.54 Å². The van der Waals surface area contributed by atoms with Crippen LogP contribution in [0.4, 0.5) is 0 Å². The van der Waals surface area contributed by atoms with Crippen molar-refractivity contribution in [3.05, 3.63) is 35.9 Å². The number of primary amides is 1. The van der Waals surface area contributed by atoms with Gasteiger partial charge in [0.05, 0.1) is 0 Å². The summed E-state index contributed by atoms with van der Waals surface area (Å²) in [6, 6.07) is 7.27. The van der Waals surface area contributed by atoms with Gasteiger partial charge in [-0.3, -0.25) is 19.2 Å². The van der Waals surface area contributed by atoms with E-state index in [-0.39, 0.29) is 54.5 Å². The molecule has 3 atom stereocenters. The molecule has 0 spiro atoms. The molecule has 2 rings (SSSR count). The number of hydrogen-bond acceptors (Lipinski definition) is 4. The molecule has 0 radical (unpaired) electrons. The summed E-state index contributed by atoms with van der Waals surface area (Å²) in [6.45, 7) is 12.1. The number of carbonyl (C=O) groups excluding carboxylic acids is 4. The normalized spacial score (nSPS) is 19.4. The highest BCUT2D eigenvalue weighted by molar-refractivity contribution is 5.92. The van der Waals surface area contributed by atoms with E-state index >= 15 is 0 Å². The van der Waals surface area contributed by atoms with Crippen molar-refractivity contribution in [2.45, 2.75) is 85.4 Å². The zero-order valence-corrected chi connectivity index (χ0v) is 21.3. The first kappa shape index (κ1) is 27.3. The minimum atomic E-state index is -0.899. The number of rotatable bonds is 8. The number of nitrogens with one attached hydrogen (secondary N) is 2. The van der Waals surface area contributed by atoms with E-state index < -0.39 is 23.9 Å². The Morgan fingerprint density at radius 3 is 2.12 bits per heavy atom. The molecule has 3 unspecified atom stereocenters. The molecule has 1 aromatic carbocycles. The number of likely N-dealkylation sites (tertiary alicyclic amines) is 1. The minimum Gasteiger partial charge on any atom is -0.368 e. The number of benzene rings is 1. The molecule has 4 amide bonds. The van der Waals surface area contributed by atoms with Gasteiger partial charge in [-0.25, -0.2) is 0 Å². The highest BCUT2D eigenvalue weighted by Gasteiger charge is 2.41. The lowest BCUT2D eigenvalue weighted by atomic mass is 9.91. The van der Waals surface area contributed by atoms with Crippen LogP contribution in [-0.2, 0) is 25.6 Å². The summed E-state index contributed by atoms with van der Waals surface area (Å²) in [6.07, 6.45) is 1.16. The molecule has 0 aromatic heterocycles. The molecule has 1 aromatic rings. The molecular formula is C26H40N4O4. The molecule has 0 saturated carbocycles. The topological polar surface area (TPSA) is 122 Å². The fourth-order valence-electron chi connectivity index (χ4n) is 4.12. The molecule has 8 nitrogen and oxygen atoms in total. The quantitative estimate of drug-likeness (QED) is 0.537. The van der Waals surface area contributed by atoms with E-state index in [1.165, 1.54) is 4.90 Å². The Morgan fingerprint density at radius 2 is 1.59 bits per heavy atom. The molecule has 1 fully saturated rings. The Hall–Kier alpha value is -2.90. The smallest absolute Gasteiger partial charge is 0.243 e. The van der Waals surface area contributed by atoms with Crippen LogP contribution in [0.25, 0.3) is 0 Å². The fourth-order valence-corrected chi connectivity index (χ4v) is 4.12. The van der Waals surface area contributed by atoms with E-state index in [1.807, 2.05) is 71.9 Å². The van der Waals surface area contributed by atoms with Crippen molar-refractivity contribution in [3.8, 4) is 0 Å². The van der Waals surface area contributed by atoms with Crippen molar-refractivity contribution in [1.82, 2.24) is 15.5 Å². The molecular weight excluding hydrogens is 432 g/mol. The standard InChI is InChI=1S/C26H40N4O4/c1-25(2,3)14-21(31)28-18-13-20(30(16-18)22(32)15-26(4,5)6)24(34)29-19(23(27)33)12-17-10-8-7-9-11-17/h7-11,18-20H,12-16H2,1-6H3,(H2,27,33)(H,28,31)(H,29,34). The van der Waals surface area contributed by atoms with Crippen molar-refractivity contribution in [3.63, 3.8) is 0 Å². The van der Waals surface area contributed by atoms with Gasteiger partial charge in [0.15, 0.2) is 0 Å². The highest BCUT2D eigenvalue weighted by atomic mass is 16.2. The number of carbonyl (C=O) groups is 4. The monoisotopic (exact) mass is 472 g/mol. The van der Waals surface area contributed by atoms with Crippen LogP contribution in [0.15, 0.2) is 30.3 Å². The molecule has 4 N–H and O–H groups in total. The predicted octanol–water partition coefficient (Wildman–Crippen LogP) is 2.16. The lowest BCUT2D eigenvalue weighted by Gasteiger charge is -2.28. The first-order valence-electron chi connectivity index (χ1n) is 11.9. The van der Waals surface area contributed by atoms with Crippen LogP contribution in [0.1, 0.15) is 66.4 Å². The molecule has 8 heteroatoms. The summed E-state index contributed by atoms with van der Waals surface area (Å²) in [5, 5.41) is 5.73. The van der Waals surface area contributed by atoms with Gasteiger partial charge in [0.25, 0.3) is 0 Å². The lowest BCUT2D eigenvalue weighted by Crippen LogP contribution is -2.53. The first-order chi connectivity index (χ1) is 15.6. The van der Waals surface area contributed by atoms with Gasteiger partial charge < -0.3 is 21.3 Å². The number of amides is 4. The summed E-state index contributed by atoms with van der Waals surface area (Å²) in [5.74, 6) is -1.34. The lowest BCUT2D eigenvalue weighted by molar-refractivity contribution is -0.140. The summed E-state index contributed by atoms with van der Waals surface area (Å²) in [4.78, 5) is 52.4. The summed E-state index contributed by atoms with van der Waals surface area (Å²) >= 11 is 0. The van der Waals surface area contributed by atoms with Crippen LogP contribution in [0, 0.1) is 10.8 Å². The van der Waals surface area contributed by atoms with Gasteiger partial charge in [0, 0.05) is 31.8 Å². The zero-order chi connectivity index (χ0) is 25.7. The van der Waals surface area contributed by atoms with Crippen LogP contribution < -0.4 is 16.4 Å². The molecule has 1 saturated heterocycles. The number of nitrogens with two attached hydrogens (primary N) is 1. The van der Waals surface area contributed by atoms with Gasteiger partial charge in [-0.2, -0.15) is 0 Å². The van der Waals surface area contributed by atoms with Crippen LogP contribution in [0.3, 0.4) is 0 Å². The van der Waals surface area contributed by atoms with Gasteiger partial charge in [-0.1, -0.05) is 71.9 Å². The third-order valence-corrected chi connectivity index (χ3v) is 5.60.